The van der Waals surface area contributed by atoms with Crippen molar-refractivity contribution in [2.24, 2.45) is 7.05 Å². The van der Waals surface area contributed by atoms with E-state index in [4.69, 9.17) is 0 Å². The second-order valence-corrected chi connectivity index (χ2v) is 7.69. The van der Waals surface area contributed by atoms with E-state index in [0.717, 1.165) is 41.8 Å². The van der Waals surface area contributed by atoms with Crippen molar-refractivity contribution in [3.8, 4) is 11.1 Å². The average molecular weight is 408 g/mol. The topological polar surface area (TPSA) is 21.1 Å². The number of hydrogen-bond acceptors (Lipinski definition) is 2. The van der Waals surface area contributed by atoms with E-state index in [-0.39, 0.29) is 0 Å². The monoisotopic (exact) mass is 407 g/mol. The second-order valence-electron chi connectivity index (χ2n) is 7.10. The van der Waals surface area contributed by atoms with Crippen molar-refractivity contribution >= 4 is 14.9 Å². The van der Waals surface area contributed by atoms with Gasteiger partial charge in [0.2, 0.25) is 0 Å². The molecule has 2 unspecified atom stereocenters. The number of aryl methyl sites for hydroxylation is 2. The molecule has 0 fully saturated rings. The average Bonchev–Trinajstić information content (AvgIpc) is 3.14. The summed E-state index contributed by atoms with van der Waals surface area (Å²) in [5.41, 5.74) is 5.10. The fourth-order valence-electron chi connectivity index (χ4n) is 3.37. The first kappa shape index (κ1) is 24.6. The Morgan fingerprint density at radius 3 is 2.29 bits per heavy atom. The van der Waals surface area contributed by atoms with Crippen LogP contribution in [-0.4, -0.2) is 23.4 Å². The molecule has 1 aliphatic rings. The van der Waals surface area contributed by atoms with Crippen LogP contribution in [0.3, 0.4) is 0 Å². The summed E-state index contributed by atoms with van der Waals surface area (Å²) in [4.78, 5) is 2.21. The smallest absolute Gasteiger partial charge is 0.139 e. The normalized spacial score (nSPS) is 13.6. The van der Waals surface area contributed by atoms with Crippen molar-refractivity contribution in [2.75, 3.05) is 18.5 Å². The van der Waals surface area contributed by atoms with Crippen LogP contribution in [0.1, 0.15) is 76.8 Å². The Bertz CT molecular complexity index is 693. The first-order chi connectivity index (χ1) is 13.5. The van der Waals surface area contributed by atoms with Gasteiger partial charge in [-0.05, 0) is 41.7 Å². The van der Waals surface area contributed by atoms with Gasteiger partial charge in [-0.1, -0.05) is 62.6 Å². The molecule has 1 aromatic carbocycles. The third-order valence-electron chi connectivity index (χ3n) is 4.87. The Labute approximate surface area is 173 Å². The number of rotatable bonds is 5. The van der Waals surface area contributed by atoms with E-state index in [1.165, 1.54) is 31.2 Å². The predicted octanol–water partition coefficient (Wildman–Crippen LogP) is 6.93. The molecule has 0 aliphatic carbocycles. The molecular formula is C23H39FN3P. The third-order valence-corrected chi connectivity index (χ3v) is 5.23. The Balaban J connectivity index is 0.000000422. The molecule has 3 rings (SSSR count). The second kappa shape index (κ2) is 12.9. The van der Waals surface area contributed by atoms with Crippen molar-refractivity contribution < 1.29 is 4.39 Å². The number of benzene rings is 1. The highest BCUT2D eigenvalue weighted by molar-refractivity contribution is 7.16. The molecule has 0 radical (unpaired) electrons. The van der Waals surface area contributed by atoms with E-state index in [2.05, 4.69) is 46.2 Å². The van der Waals surface area contributed by atoms with Crippen molar-refractivity contribution in [3.05, 3.63) is 35.7 Å². The van der Waals surface area contributed by atoms with Crippen LogP contribution < -0.4 is 4.90 Å². The summed E-state index contributed by atoms with van der Waals surface area (Å²) in [5, 5.41) is 4.20. The molecule has 0 saturated carbocycles. The lowest BCUT2D eigenvalue weighted by atomic mass is 9.93. The minimum atomic E-state index is -1.06. The summed E-state index contributed by atoms with van der Waals surface area (Å²) < 4.78 is 15.8. The van der Waals surface area contributed by atoms with E-state index in [9.17, 15) is 4.39 Å². The maximum atomic E-state index is 14.0. The molecule has 0 saturated heterocycles. The number of fused-ring (bicyclic) bond motifs is 1. The number of alkyl halides is 1. The zero-order valence-electron chi connectivity index (χ0n) is 18.6. The number of anilines is 1. The molecule has 0 bridgehead atoms. The van der Waals surface area contributed by atoms with Gasteiger partial charge in [0.1, 0.15) is 5.91 Å². The molecule has 158 valence electrons. The molecular weight excluding hydrogens is 368 g/mol. The molecule has 1 aliphatic heterocycles. The minimum Gasteiger partial charge on any atom is -0.374 e. The first-order valence-electron chi connectivity index (χ1n) is 10.7. The van der Waals surface area contributed by atoms with Crippen molar-refractivity contribution in [3.63, 3.8) is 0 Å². The lowest BCUT2D eigenvalue weighted by Gasteiger charge is -2.29. The maximum Gasteiger partial charge on any atom is 0.139 e. The van der Waals surface area contributed by atoms with Crippen molar-refractivity contribution in [1.82, 2.24) is 9.78 Å². The highest BCUT2D eigenvalue weighted by atomic mass is 31.0. The highest BCUT2D eigenvalue weighted by Gasteiger charge is 2.20. The molecule has 0 amide bonds. The maximum absolute atomic E-state index is 14.0. The number of aromatic nitrogens is 2. The van der Waals surface area contributed by atoms with Gasteiger partial charge in [0.05, 0.1) is 6.20 Å². The van der Waals surface area contributed by atoms with Crippen molar-refractivity contribution in [2.45, 2.75) is 72.1 Å². The Kier molecular flexibility index (Phi) is 11.4. The number of halogens is 1. The Morgan fingerprint density at radius 2 is 1.79 bits per heavy atom. The van der Waals surface area contributed by atoms with Gasteiger partial charge in [0.25, 0.3) is 0 Å². The van der Waals surface area contributed by atoms with Gasteiger partial charge in [-0.15, -0.1) is 0 Å². The lowest BCUT2D eigenvalue weighted by molar-refractivity contribution is 0.469. The summed E-state index contributed by atoms with van der Waals surface area (Å²) in [6, 6.07) is 4.13. The number of hydrogen-bond donors (Lipinski definition) is 0. The third kappa shape index (κ3) is 6.88. The van der Waals surface area contributed by atoms with Gasteiger partial charge >= 0.3 is 0 Å². The molecule has 2 heterocycles. The van der Waals surface area contributed by atoms with Gasteiger partial charge in [0.15, 0.2) is 0 Å². The molecule has 2 atom stereocenters. The van der Waals surface area contributed by atoms with Crippen LogP contribution in [0.2, 0.25) is 0 Å². The predicted molar refractivity (Wildman–Crippen MR) is 125 cm³/mol. The van der Waals surface area contributed by atoms with Crippen molar-refractivity contribution in [1.29, 1.82) is 0 Å². The minimum absolute atomic E-state index is 0.718. The summed E-state index contributed by atoms with van der Waals surface area (Å²) in [5.74, 6) is -1.06. The van der Waals surface area contributed by atoms with Crippen LogP contribution >= 0.6 is 9.24 Å². The fraction of sp³-hybridized carbons (Fsp3) is 0.609. The quantitative estimate of drug-likeness (QED) is 0.396. The number of nitrogens with zero attached hydrogens (tertiary/aromatic N) is 3. The van der Waals surface area contributed by atoms with E-state index < -0.39 is 5.91 Å². The summed E-state index contributed by atoms with van der Waals surface area (Å²) in [6.45, 7) is 9.50. The summed E-state index contributed by atoms with van der Waals surface area (Å²) in [7, 11) is 6.20. The zero-order valence-corrected chi connectivity index (χ0v) is 19.8. The van der Waals surface area contributed by atoms with E-state index in [0.29, 0.717) is 0 Å². The highest BCUT2D eigenvalue weighted by Crippen LogP contribution is 2.39. The van der Waals surface area contributed by atoms with Crippen LogP contribution in [-0.2, 0) is 13.5 Å². The van der Waals surface area contributed by atoms with Crippen LogP contribution in [0.25, 0.3) is 11.1 Å². The largest absolute Gasteiger partial charge is 0.374 e. The summed E-state index contributed by atoms with van der Waals surface area (Å²) in [6.07, 6.45) is 11.5. The van der Waals surface area contributed by atoms with Gasteiger partial charge in [0, 0.05) is 38.1 Å². The number of unbranched alkanes of at least 4 members (excludes halogenated alkanes) is 3. The van der Waals surface area contributed by atoms with E-state index in [1.54, 1.807) is 10.9 Å². The van der Waals surface area contributed by atoms with Crippen LogP contribution in [0.4, 0.5) is 10.1 Å². The molecule has 3 nitrogen and oxygen atoms in total. The first-order valence-corrected chi connectivity index (χ1v) is 11.4. The molecule has 28 heavy (non-hydrogen) atoms. The fourth-order valence-corrected chi connectivity index (χ4v) is 3.65. The molecule has 0 spiro atoms. The Morgan fingerprint density at radius 1 is 1.14 bits per heavy atom. The van der Waals surface area contributed by atoms with Gasteiger partial charge in [-0.25, -0.2) is 4.39 Å². The van der Waals surface area contributed by atoms with Gasteiger partial charge in [-0.3, -0.25) is 4.68 Å². The molecule has 2 aromatic rings. The van der Waals surface area contributed by atoms with Gasteiger partial charge in [-0.2, -0.15) is 5.10 Å². The standard InChI is InChI=1S/C15H19FN3P.C6H14.C2H6/c1-18-5-3-4-10-6-12(11-8-17-19(2)9-11)13(15(16)20)7-14(10)18;1-3-5-6-4-2;1-2/h6-9,15H,3-5,20H2,1-2H3;3-6H2,1-2H3;1-2H3. The van der Waals surface area contributed by atoms with Crippen LogP contribution in [0, 0.1) is 0 Å². The zero-order chi connectivity index (χ0) is 21.1. The van der Waals surface area contributed by atoms with E-state index in [1.807, 2.05) is 33.2 Å². The molecule has 0 N–H and O–H groups in total. The molecule has 5 heteroatoms. The summed E-state index contributed by atoms with van der Waals surface area (Å²) >= 11 is 0. The van der Waals surface area contributed by atoms with Gasteiger partial charge < -0.3 is 4.90 Å². The SMILES string of the molecule is CC.CCCCCC.CN1CCCc2cc(-c3cnn(C)c3)c(C(F)P)cc21. The van der Waals surface area contributed by atoms with Crippen LogP contribution in [0.15, 0.2) is 24.5 Å². The molecule has 1 aromatic heterocycles. The lowest BCUT2D eigenvalue weighted by Crippen LogP contribution is -2.24. The van der Waals surface area contributed by atoms with Crippen LogP contribution in [0.5, 0.6) is 0 Å². The van der Waals surface area contributed by atoms with E-state index >= 15 is 0 Å². The Hall–Kier alpha value is -1.41.